The molecule has 208 valence electrons. The average Bonchev–Trinajstić information content (AvgIpc) is 3.52. The highest BCUT2D eigenvalue weighted by atomic mass is 16.5. The van der Waals surface area contributed by atoms with Crippen molar-refractivity contribution >= 4 is 29.2 Å². The number of ketones is 2. The Morgan fingerprint density at radius 1 is 0.833 bits per heavy atom. The van der Waals surface area contributed by atoms with Crippen LogP contribution >= 0.6 is 0 Å². The molecule has 0 radical (unpaired) electrons. The summed E-state index contributed by atoms with van der Waals surface area (Å²) in [5, 5.41) is 3.07. The molecular weight excluding hydrogens is 528 g/mol. The fourth-order valence-corrected chi connectivity index (χ4v) is 7.13. The highest BCUT2D eigenvalue weighted by molar-refractivity contribution is 6.17. The van der Waals surface area contributed by atoms with Gasteiger partial charge in [0.15, 0.2) is 11.6 Å². The molecule has 1 fully saturated rings. The second kappa shape index (κ2) is 9.73. The van der Waals surface area contributed by atoms with Crippen molar-refractivity contribution in [3.8, 4) is 11.5 Å². The van der Waals surface area contributed by atoms with E-state index < -0.39 is 23.4 Å². The summed E-state index contributed by atoms with van der Waals surface area (Å²) in [7, 11) is 3.05. The number of hydrogen-bond donors (Lipinski definition) is 1. The maximum atomic E-state index is 15.0. The second-order valence-corrected chi connectivity index (χ2v) is 10.7. The van der Waals surface area contributed by atoms with E-state index >= 15 is 0 Å². The van der Waals surface area contributed by atoms with E-state index in [1.54, 1.807) is 55.6 Å². The smallest absolute Gasteiger partial charge is 0.238 e. The summed E-state index contributed by atoms with van der Waals surface area (Å²) < 4.78 is 11.0. The first-order valence-electron chi connectivity index (χ1n) is 13.8. The zero-order valence-corrected chi connectivity index (χ0v) is 23.1. The summed E-state index contributed by atoms with van der Waals surface area (Å²) in [5.74, 6) is -1.08. The van der Waals surface area contributed by atoms with Gasteiger partial charge in [0, 0.05) is 17.5 Å². The van der Waals surface area contributed by atoms with Gasteiger partial charge in [-0.1, -0.05) is 66.7 Å². The highest BCUT2D eigenvalue weighted by Gasteiger charge is 2.70. The first kappa shape index (κ1) is 25.8. The van der Waals surface area contributed by atoms with E-state index in [9.17, 15) is 14.4 Å². The minimum absolute atomic E-state index is 0.273. The molecule has 42 heavy (non-hydrogen) atoms. The van der Waals surface area contributed by atoms with Gasteiger partial charge in [-0.3, -0.25) is 14.4 Å². The zero-order chi connectivity index (χ0) is 29.0. The standard InChI is InChI=1S/C35H28N2O5/c1-41-23-12-9-11-22(20-23)31(38)30-29(32(39)25-14-5-8-17-28(25)42-2)35(26-15-6-7-16-27(26)36-34(35)40)33-24-13-4-3-10-21(24)18-19-37(30)33/h3-20,29-30,33H,1-2H3,(H,36,40)/t29-,30+,33-,35-/m1/s1. The molecule has 7 rings (SSSR count). The first-order valence-corrected chi connectivity index (χ1v) is 13.8. The van der Waals surface area contributed by atoms with Gasteiger partial charge in [-0.25, -0.2) is 0 Å². The lowest BCUT2D eigenvalue weighted by Gasteiger charge is -2.38. The van der Waals surface area contributed by atoms with Crippen molar-refractivity contribution in [2.45, 2.75) is 17.5 Å². The van der Waals surface area contributed by atoms with Crippen molar-refractivity contribution in [1.82, 2.24) is 4.90 Å². The fraction of sp³-hybridized carbons (Fsp3) is 0.171. The van der Waals surface area contributed by atoms with Crippen molar-refractivity contribution in [1.29, 1.82) is 0 Å². The van der Waals surface area contributed by atoms with Crippen molar-refractivity contribution < 1.29 is 23.9 Å². The number of carbonyl (C=O) groups excluding carboxylic acids is 3. The van der Waals surface area contributed by atoms with Gasteiger partial charge in [0.05, 0.1) is 31.7 Å². The Hall–Kier alpha value is -5.17. The van der Waals surface area contributed by atoms with Crippen LogP contribution in [0.5, 0.6) is 11.5 Å². The molecule has 1 N–H and O–H groups in total. The number of ether oxygens (including phenoxy) is 2. The molecule has 0 unspecified atom stereocenters. The molecule has 0 aromatic heterocycles. The third kappa shape index (κ3) is 3.49. The topological polar surface area (TPSA) is 84.9 Å². The molecule has 3 aliphatic rings. The van der Waals surface area contributed by atoms with Crippen LogP contribution in [0.4, 0.5) is 5.69 Å². The van der Waals surface area contributed by atoms with Gasteiger partial charge in [-0.05, 0) is 53.1 Å². The molecule has 4 atom stereocenters. The number of hydrogen-bond acceptors (Lipinski definition) is 6. The predicted octanol–water partition coefficient (Wildman–Crippen LogP) is 5.69. The highest BCUT2D eigenvalue weighted by Crippen LogP contribution is 2.62. The van der Waals surface area contributed by atoms with Crippen LogP contribution in [0.3, 0.4) is 0 Å². The van der Waals surface area contributed by atoms with Crippen LogP contribution in [0.25, 0.3) is 6.08 Å². The third-order valence-electron chi connectivity index (χ3n) is 8.85. The number of anilines is 1. The van der Waals surface area contributed by atoms with E-state index in [-0.39, 0.29) is 17.5 Å². The number of nitrogens with one attached hydrogen (secondary N) is 1. The lowest BCUT2D eigenvalue weighted by Crippen LogP contribution is -2.49. The van der Waals surface area contributed by atoms with Crippen LogP contribution in [-0.2, 0) is 10.2 Å². The lowest BCUT2D eigenvalue weighted by molar-refractivity contribution is -0.122. The largest absolute Gasteiger partial charge is 0.497 e. The van der Waals surface area contributed by atoms with Gasteiger partial charge in [0.25, 0.3) is 0 Å². The number of para-hydroxylation sites is 2. The fourth-order valence-electron chi connectivity index (χ4n) is 7.13. The van der Waals surface area contributed by atoms with E-state index in [4.69, 9.17) is 9.47 Å². The maximum absolute atomic E-state index is 15.0. The first-order chi connectivity index (χ1) is 20.5. The van der Waals surface area contributed by atoms with Crippen LogP contribution < -0.4 is 14.8 Å². The summed E-state index contributed by atoms with van der Waals surface area (Å²) in [5.41, 5.74) is 2.47. The van der Waals surface area contributed by atoms with Crippen LogP contribution in [0.1, 0.15) is 43.4 Å². The van der Waals surface area contributed by atoms with Gasteiger partial charge in [0.1, 0.15) is 23.0 Å². The quantitative estimate of drug-likeness (QED) is 0.308. The normalized spacial score (nSPS) is 23.1. The third-order valence-corrected chi connectivity index (χ3v) is 8.85. The van der Waals surface area contributed by atoms with E-state index in [1.807, 2.05) is 65.7 Å². The Kier molecular flexibility index (Phi) is 5.97. The van der Waals surface area contributed by atoms with E-state index in [2.05, 4.69) is 5.32 Å². The van der Waals surface area contributed by atoms with Crippen molar-refractivity contribution in [2.75, 3.05) is 19.5 Å². The van der Waals surface area contributed by atoms with Gasteiger partial charge >= 0.3 is 0 Å². The number of rotatable bonds is 6. The van der Waals surface area contributed by atoms with Gasteiger partial charge < -0.3 is 19.7 Å². The number of amides is 1. The molecule has 4 aromatic rings. The number of benzene rings is 4. The summed E-state index contributed by atoms with van der Waals surface area (Å²) >= 11 is 0. The Balaban J connectivity index is 1.54. The molecule has 0 saturated carbocycles. The Morgan fingerprint density at radius 2 is 1.60 bits per heavy atom. The maximum Gasteiger partial charge on any atom is 0.238 e. The van der Waals surface area contributed by atoms with Crippen molar-refractivity contribution in [2.24, 2.45) is 5.92 Å². The Labute approximate surface area is 243 Å². The summed E-state index contributed by atoms with van der Waals surface area (Å²) in [6.07, 6.45) is 3.81. The molecule has 0 aliphatic carbocycles. The van der Waals surface area contributed by atoms with Crippen molar-refractivity contribution in [3.05, 3.63) is 131 Å². The van der Waals surface area contributed by atoms with Crippen LogP contribution in [-0.4, -0.2) is 42.6 Å². The number of Topliss-reactive ketones (excluding diaryl/α,β-unsaturated/α-hetero) is 2. The molecule has 0 bridgehead atoms. The molecule has 4 aromatic carbocycles. The number of methoxy groups -OCH3 is 2. The number of carbonyl (C=O) groups is 3. The molecule has 1 amide bonds. The molecule has 7 nitrogen and oxygen atoms in total. The van der Waals surface area contributed by atoms with E-state index in [1.165, 1.54) is 7.11 Å². The van der Waals surface area contributed by atoms with Gasteiger partial charge in [-0.2, -0.15) is 0 Å². The minimum Gasteiger partial charge on any atom is -0.497 e. The minimum atomic E-state index is -1.41. The molecule has 7 heteroatoms. The molecule has 1 saturated heterocycles. The predicted molar refractivity (Wildman–Crippen MR) is 159 cm³/mol. The molecule has 3 aliphatic heterocycles. The summed E-state index contributed by atoms with van der Waals surface area (Å²) in [6.45, 7) is 0. The Bertz CT molecular complexity index is 1800. The summed E-state index contributed by atoms with van der Waals surface area (Å²) in [4.78, 5) is 46.1. The average molecular weight is 557 g/mol. The van der Waals surface area contributed by atoms with Crippen LogP contribution in [0, 0.1) is 5.92 Å². The monoisotopic (exact) mass is 556 g/mol. The zero-order valence-electron chi connectivity index (χ0n) is 23.1. The van der Waals surface area contributed by atoms with Crippen LogP contribution in [0.2, 0.25) is 0 Å². The van der Waals surface area contributed by atoms with Gasteiger partial charge in [0.2, 0.25) is 5.91 Å². The summed E-state index contributed by atoms with van der Waals surface area (Å²) in [6, 6.07) is 27.6. The number of nitrogens with zero attached hydrogens (tertiary/aromatic N) is 1. The Morgan fingerprint density at radius 3 is 2.43 bits per heavy atom. The lowest BCUT2D eigenvalue weighted by atomic mass is 9.62. The number of fused-ring (bicyclic) bond motifs is 6. The molecule has 1 spiro atoms. The van der Waals surface area contributed by atoms with Gasteiger partial charge in [-0.15, -0.1) is 0 Å². The SMILES string of the molecule is COc1cccc(C(=O)[C@@H]2[C@H](C(=O)c3ccccc3OC)[C@@]3(C(=O)Nc4ccccc43)[C@H]3c4ccccc4C=CN23)c1. The van der Waals surface area contributed by atoms with E-state index in [0.29, 0.717) is 33.9 Å². The van der Waals surface area contributed by atoms with E-state index in [0.717, 1.165) is 11.1 Å². The molecular formula is C35H28N2O5. The molecule has 3 heterocycles. The van der Waals surface area contributed by atoms with Crippen LogP contribution in [0.15, 0.2) is 103 Å². The second-order valence-electron chi connectivity index (χ2n) is 10.7. The van der Waals surface area contributed by atoms with Crippen molar-refractivity contribution in [3.63, 3.8) is 0 Å².